The smallest absolute Gasteiger partial charge is 0.272 e. The number of aliphatic carboxylic acids is 1. The van der Waals surface area contributed by atoms with Gasteiger partial charge in [-0.1, -0.05) is 44.0 Å². The molecule has 0 heterocycles. The Morgan fingerprint density at radius 1 is 0.924 bits per heavy atom. The van der Waals surface area contributed by atoms with Crippen LogP contribution in [0.15, 0.2) is 45.0 Å². The Morgan fingerprint density at radius 3 is 1.91 bits per heavy atom. The second kappa shape index (κ2) is 33.2. The van der Waals surface area contributed by atoms with Gasteiger partial charge in [-0.3, -0.25) is 14.9 Å². The molecule has 1 aliphatic rings. The molecule has 1 fully saturated rings. The summed E-state index contributed by atoms with van der Waals surface area (Å²) in [6.07, 6.45) is 4.16. The molecule has 18 nitrogen and oxygen atoms in total. The molecule has 1 saturated carbocycles. The quantitative estimate of drug-likeness (QED) is 0.0635. The van der Waals surface area contributed by atoms with Crippen LogP contribution in [0.4, 0.5) is 22.7 Å². The van der Waals surface area contributed by atoms with Crippen LogP contribution in [0, 0.1) is 32.3 Å². The molecule has 0 radical (unpaired) electrons. The fraction of sp³-hybridized carbons (Fsp3) is 0.667. The predicted octanol–water partition coefficient (Wildman–Crippen LogP) is 9.19. The number of rotatable bonds is 22. The predicted molar refractivity (Wildman–Crippen MR) is 262 cm³/mol. The molecule has 0 saturated heterocycles. The number of nitrogens with zero attached hydrogens (tertiary/aromatic N) is 4. The van der Waals surface area contributed by atoms with Crippen molar-refractivity contribution in [3.05, 3.63) is 55.0 Å². The maximum Gasteiger partial charge on any atom is 0.272 e. The zero-order chi connectivity index (χ0) is 50.0. The number of benzene rings is 2. The fourth-order valence-corrected chi connectivity index (χ4v) is 8.48. The standard InChI is InChI=1S/C18H19BrCl2N4O4.C15H27NO2.C7H14O4.C5H12O2.H3N/c1-28-7-5-24(6-8-29-2)12-3-4-17(15(20)10-12)22-23-18-14(19)9-13(25(26)27)11-16(18)21;1-11(17)6-13-7-14(3,4)9-15(5,8-13)10-16-12(2)18;1-7(4-10-2,5-11-3)6(8)9;1-5(7-3)4-6-2;/h3-4,9-11H,5-8H2,1-2H3;13H,6-10H2,1-5H3,(H,16,18);4-5H2,1-3H3,(H,8,9);5H,4H2,1-3H3;1H3. The van der Waals surface area contributed by atoms with Gasteiger partial charge in [-0.2, -0.15) is 0 Å². The van der Waals surface area contributed by atoms with Gasteiger partial charge in [0.25, 0.3) is 5.69 Å². The number of nitro groups is 1. The van der Waals surface area contributed by atoms with E-state index in [4.69, 9.17) is 51.6 Å². The number of anilines is 1. The lowest BCUT2D eigenvalue weighted by Gasteiger charge is -2.46. The zero-order valence-corrected chi connectivity index (χ0v) is 44.4. The van der Waals surface area contributed by atoms with Crippen molar-refractivity contribution < 1.29 is 52.8 Å². The van der Waals surface area contributed by atoms with Crippen molar-refractivity contribution in [2.24, 2.45) is 32.4 Å². The summed E-state index contributed by atoms with van der Waals surface area (Å²) in [6, 6.07) is 7.93. The van der Waals surface area contributed by atoms with E-state index in [2.05, 4.69) is 57.1 Å². The summed E-state index contributed by atoms with van der Waals surface area (Å²) < 4.78 is 29.7. The van der Waals surface area contributed by atoms with Gasteiger partial charge >= 0.3 is 0 Å². The lowest BCUT2D eigenvalue weighted by atomic mass is 9.60. The highest BCUT2D eigenvalue weighted by Crippen LogP contribution is 2.49. The van der Waals surface area contributed by atoms with Gasteiger partial charge in [0.2, 0.25) is 5.91 Å². The van der Waals surface area contributed by atoms with E-state index in [0.717, 1.165) is 31.5 Å². The molecule has 0 bridgehead atoms. The van der Waals surface area contributed by atoms with Crippen molar-refractivity contribution >= 4 is 79.5 Å². The van der Waals surface area contributed by atoms with Gasteiger partial charge in [0, 0.05) is 93.5 Å². The normalized spacial score (nSPS) is 16.8. The number of quaternary nitrogens is 1. The number of amides is 1. The number of non-ortho nitro benzene ring substituents is 1. The summed E-state index contributed by atoms with van der Waals surface area (Å²) in [5, 5.41) is 33.1. The van der Waals surface area contributed by atoms with Gasteiger partial charge in [-0.05, 0) is 90.9 Å². The van der Waals surface area contributed by atoms with Gasteiger partial charge < -0.3 is 59.5 Å². The second-order valence-corrected chi connectivity index (χ2v) is 18.9. The second-order valence-electron chi connectivity index (χ2n) is 17.3. The summed E-state index contributed by atoms with van der Waals surface area (Å²) in [6.45, 7) is 17.6. The Kier molecular flexibility index (Phi) is 32.5. The van der Waals surface area contributed by atoms with Crippen molar-refractivity contribution in [2.45, 2.75) is 80.3 Å². The van der Waals surface area contributed by atoms with E-state index >= 15 is 0 Å². The minimum absolute atomic E-state index is 0. The van der Waals surface area contributed by atoms with E-state index < -0.39 is 16.3 Å². The van der Waals surface area contributed by atoms with Crippen LogP contribution in [0.3, 0.4) is 0 Å². The third-order valence-electron chi connectivity index (χ3n) is 9.99. The Labute approximate surface area is 410 Å². The molecule has 5 N–H and O–H groups in total. The van der Waals surface area contributed by atoms with Crippen LogP contribution in [0.1, 0.15) is 74.1 Å². The van der Waals surface area contributed by atoms with Crippen molar-refractivity contribution in [3.8, 4) is 0 Å². The first-order chi connectivity index (χ1) is 30.4. The number of ether oxygens (including phenoxy) is 6. The molecule has 21 heteroatoms. The fourth-order valence-electron chi connectivity index (χ4n) is 7.38. The molecule has 2 aromatic carbocycles. The maximum absolute atomic E-state index is 11.3. The molecule has 378 valence electrons. The number of carbonyl (C=O) groups is 3. The van der Waals surface area contributed by atoms with Crippen LogP contribution in [-0.2, 0) is 42.8 Å². The number of hydrogen-bond acceptors (Lipinski definition) is 15. The molecule has 1 aliphatic carbocycles. The van der Waals surface area contributed by atoms with E-state index in [-0.39, 0.29) is 64.4 Å². The average Bonchev–Trinajstić information content (AvgIpc) is 3.20. The molecule has 3 atom stereocenters. The first kappa shape index (κ1) is 64.7. The third-order valence-corrected chi connectivity index (χ3v) is 11.2. The lowest BCUT2D eigenvalue weighted by Crippen LogP contribution is -2.46. The minimum Gasteiger partial charge on any atom is -0.549 e. The van der Waals surface area contributed by atoms with Crippen molar-refractivity contribution in [1.82, 2.24) is 11.5 Å². The largest absolute Gasteiger partial charge is 0.549 e. The highest BCUT2D eigenvalue weighted by atomic mass is 79.9. The zero-order valence-electron chi connectivity index (χ0n) is 41.3. The lowest BCUT2D eigenvalue weighted by molar-refractivity contribution is -0.384. The number of halogens is 3. The highest BCUT2D eigenvalue weighted by molar-refractivity contribution is 9.10. The number of nitro benzene ring substituents is 1. The van der Waals surface area contributed by atoms with E-state index in [0.29, 0.717) is 60.4 Å². The minimum atomic E-state index is -1.15. The molecule has 0 spiro atoms. The molecule has 2 aromatic rings. The monoisotopic (exact) mass is 1040 g/mol. The molecule has 3 unspecified atom stereocenters. The number of carbonyl (C=O) groups excluding carboxylic acids is 3. The van der Waals surface area contributed by atoms with Crippen molar-refractivity contribution in [3.63, 3.8) is 0 Å². The van der Waals surface area contributed by atoms with E-state index in [9.17, 15) is 29.6 Å². The number of carboxylic acids is 1. The van der Waals surface area contributed by atoms with Crippen LogP contribution in [0.25, 0.3) is 0 Å². The number of hydrogen-bond donors (Lipinski definition) is 2. The molecule has 1 amide bonds. The number of azo groups is 1. The van der Waals surface area contributed by atoms with Crippen molar-refractivity contribution in [1.29, 1.82) is 0 Å². The number of nitrogens with one attached hydrogen (secondary N) is 1. The van der Waals surface area contributed by atoms with Crippen molar-refractivity contribution in [2.75, 3.05) is 100 Å². The number of Topliss-reactive ketones (excluding diaryl/α,β-unsaturated/α-hetero) is 1. The Balaban J connectivity index is 0. The van der Waals surface area contributed by atoms with E-state index in [1.807, 2.05) is 13.0 Å². The number of carboxylic acid groups (broad SMARTS) is 1. The van der Waals surface area contributed by atoms with Gasteiger partial charge in [0.05, 0.1) is 70.0 Å². The first-order valence-electron chi connectivity index (χ1n) is 20.9. The molecular formula is C45H75BrCl2N6O12. The molecule has 3 rings (SSSR count). The summed E-state index contributed by atoms with van der Waals surface area (Å²) in [5.41, 5.74) is 0.810. The molecule has 0 aromatic heterocycles. The highest BCUT2D eigenvalue weighted by Gasteiger charge is 2.41. The van der Waals surface area contributed by atoms with Gasteiger partial charge in [0.15, 0.2) is 0 Å². The van der Waals surface area contributed by atoms with Gasteiger partial charge in [0.1, 0.15) is 17.2 Å². The molecule has 66 heavy (non-hydrogen) atoms. The van der Waals surface area contributed by atoms with E-state index in [1.54, 1.807) is 54.4 Å². The van der Waals surface area contributed by atoms with Gasteiger partial charge in [-0.15, -0.1) is 10.2 Å². The van der Waals surface area contributed by atoms with Crippen LogP contribution >= 0.6 is 39.1 Å². The van der Waals surface area contributed by atoms with Gasteiger partial charge in [-0.25, -0.2) is 0 Å². The van der Waals surface area contributed by atoms with Crippen LogP contribution < -0.4 is 21.5 Å². The van der Waals surface area contributed by atoms with Crippen LogP contribution in [-0.4, -0.2) is 124 Å². The summed E-state index contributed by atoms with van der Waals surface area (Å²) >= 11 is 15.7. The Morgan fingerprint density at radius 2 is 1.50 bits per heavy atom. The average molecular weight is 1040 g/mol. The summed E-state index contributed by atoms with van der Waals surface area (Å²) in [5.74, 6) is -0.381. The van der Waals surface area contributed by atoms with Crippen LogP contribution in [0.5, 0.6) is 0 Å². The number of methoxy groups -OCH3 is 6. The Bertz CT molecular complexity index is 1770. The van der Waals surface area contributed by atoms with E-state index in [1.165, 1.54) is 33.3 Å². The molecule has 0 aliphatic heterocycles. The topological polar surface area (TPSA) is 249 Å². The first-order valence-corrected chi connectivity index (χ1v) is 22.4. The Hall–Kier alpha value is -3.37. The summed E-state index contributed by atoms with van der Waals surface area (Å²) in [4.78, 5) is 45.4. The van der Waals surface area contributed by atoms with Crippen LogP contribution in [0.2, 0.25) is 10.0 Å². The summed E-state index contributed by atoms with van der Waals surface area (Å²) in [7, 11) is 9.51. The SMILES string of the molecule is CC(=O)CC1CC(C)(C)CC(C)(CNC(C)=O)C1.COCC(C)(COC)C(=O)[O-].COCC(C)OC.COCCN(CCOC)c1ccc(N=Nc2c(Cl)cc([N+](=O)[O-])cc2Br)c(Cl)c1.[NH4+]. The third kappa shape index (κ3) is 25.7. The maximum atomic E-state index is 11.3. The number of ketones is 1. The molecular weight excluding hydrogens is 967 g/mol.